The van der Waals surface area contributed by atoms with Gasteiger partial charge in [0.2, 0.25) is 0 Å². The molecule has 1 nitrogen and oxygen atoms in total. The number of benzene rings is 1. The minimum Gasteiger partial charge on any atom is -0.371 e. The molecular formula is C12H16BrN. The summed E-state index contributed by atoms with van der Waals surface area (Å²) in [6.07, 6.45) is 4.06. The molecule has 1 heterocycles. The molecule has 76 valence electrons. The van der Waals surface area contributed by atoms with Crippen LogP contribution in [0.25, 0.3) is 0 Å². The van der Waals surface area contributed by atoms with E-state index in [2.05, 4.69) is 46.0 Å². The van der Waals surface area contributed by atoms with Crippen molar-refractivity contribution in [1.82, 2.24) is 0 Å². The van der Waals surface area contributed by atoms with Crippen molar-refractivity contribution in [2.24, 2.45) is 0 Å². The van der Waals surface area contributed by atoms with Gasteiger partial charge < -0.3 is 4.90 Å². The molecule has 0 bridgehead atoms. The summed E-state index contributed by atoms with van der Waals surface area (Å²) in [5.74, 6) is 0. The van der Waals surface area contributed by atoms with E-state index in [1.165, 1.54) is 48.1 Å². The van der Waals surface area contributed by atoms with Crippen LogP contribution in [-0.2, 0) is 0 Å². The van der Waals surface area contributed by atoms with Crippen LogP contribution in [-0.4, -0.2) is 13.1 Å². The third-order valence-electron chi connectivity index (χ3n) is 2.80. The van der Waals surface area contributed by atoms with Crippen LogP contribution in [0, 0.1) is 6.92 Å². The van der Waals surface area contributed by atoms with Gasteiger partial charge >= 0.3 is 0 Å². The van der Waals surface area contributed by atoms with Crippen LogP contribution >= 0.6 is 15.9 Å². The van der Waals surface area contributed by atoms with E-state index >= 15 is 0 Å². The van der Waals surface area contributed by atoms with E-state index in [1.807, 2.05) is 0 Å². The second-order valence-electron chi connectivity index (χ2n) is 4.00. The van der Waals surface area contributed by atoms with Crippen LogP contribution in [0.3, 0.4) is 0 Å². The molecule has 0 unspecified atom stereocenters. The lowest BCUT2D eigenvalue weighted by atomic mass is 10.1. The number of anilines is 1. The summed E-state index contributed by atoms with van der Waals surface area (Å²) in [5, 5.41) is 0. The average molecular weight is 254 g/mol. The predicted octanol–water partition coefficient (Wildman–Crippen LogP) is 3.75. The fraction of sp³-hybridized carbons (Fsp3) is 0.500. The SMILES string of the molecule is Cc1ccc(Br)c(N2CCCCC2)c1. The predicted molar refractivity (Wildman–Crippen MR) is 64.9 cm³/mol. The minimum atomic E-state index is 1.21. The molecule has 0 radical (unpaired) electrons. The number of rotatable bonds is 1. The Labute approximate surface area is 94.2 Å². The van der Waals surface area contributed by atoms with E-state index in [0.29, 0.717) is 0 Å². The van der Waals surface area contributed by atoms with Gasteiger partial charge in [-0.1, -0.05) is 6.07 Å². The van der Waals surface area contributed by atoms with Gasteiger partial charge in [0.15, 0.2) is 0 Å². The molecule has 1 aliphatic heterocycles. The molecule has 0 N–H and O–H groups in total. The normalized spacial score (nSPS) is 17.1. The smallest absolute Gasteiger partial charge is 0.0513 e. The van der Waals surface area contributed by atoms with Gasteiger partial charge in [-0.05, 0) is 59.8 Å². The molecule has 2 rings (SSSR count). The highest BCUT2D eigenvalue weighted by atomic mass is 79.9. The Kier molecular flexibility index (Phi) is 3.12. The number of halogens is 1. The van der Waals surface area contributed by atoms with Gasteiger partial charge in [0.05, 0.1) is 5.69 Å². The standard InChI is InChI=1S/C12H16BrN/c1-10-5-6-11(13)12(9-10)14-7-3-2-4-8-14/h5-6,9H,2-4,7-8H2,1H3. The van der Waals surface area contributed by atoms with Crippen molar-refractivity contribution in [1.29, 1.82) is 0 Å². The van der Waals surface area contributed by atoms with Gasteiger partial charge in [0.1, 0.15) is 0 Å². The Hall–Kier alpha value is -0.500. The van der Waals surface area contributed by atoms with Gasteiger partial charge in [-0.15, -0.1) is 0 Å². The Morgan fingerprint density at radius 2 is 1.86 bits per heavy atom. The number of hydrogen-bond acceptors (Lipinski definition) is 1. The zero-order valence-corrected chi connectivity index (χ0v) is 10.2. The molecule has 1 fully saturated rings. The molecule has 1 aromatic rings. The number of nitrogens with zero attached hydrogens (tertiary/aromatic N) is 1. The number of aryl methyl sites for hydroxylation is 1. The lowest BCUT2D eigenvalue weighted by Gasteiger charge is -2.29. The Balaban J connectivity index is 2.24. The lowest BCUT2D eigenvalue weighted by Crippen LogP contribution is -2.29. The van der Waals surface area contributed by atoms with Crippen LogP contribution in [0.4, 0.5) is 5.69 Å². The van der Waals surface area contributed by atoms with Crippen molar-refractivity contribution < 1.29 is 0 Å². The summed E-state index contributed by atoms with van der Waals surface area (Å²) >= 11 is 3.62. The second-order valence-corrected chi connectivity index (χ2v) is 4.86. The number of hydrogen-bond donors (Lipinski definition) is 0. The minimum absolute atomic E-state index is 1.21. The maximum atomic E-state index is 3.62. The quantitative estimate of drug-likeness (QED) is 0.737. The lowest BCUT2D eigenvalue weighted by molar-refractivity contribution is 0.577. The first-order valence-corrected chi connectivity index (χ1v) is 6.08. The molecule has 0 amide bonds. The monoisotopic (exact) mass is 253 g/mol. The molecule has 14 heavy (non-hydrogen) atoms. The van der Waals surface area contributed by atoms with Crippen molar-refractivity contribution in [3.8, 4) is 0 Å². The van der Waals surface area contributed by atoms with E-state index in [-0.39, 0.29) is 0 Å². The van der Waals surface area contributed by atoms with Gasteiger partial charge in [-0.2, -0.15) is 0 Å². The van der Waals surface area contributed by atoms with Crippen LogP contribution in [0.2, 0.25) is 0 Å². The van der Waals surface area contributed by atoms with Crippen molar-refractivity contribution in [2.75, 3.05) is 18.0 Å². The van der Waals surface area contributed by atoms with Crippen molar-refractivity contribution in [3.05, 3.63) is 28.2 Å². The first-order valence-electron chi connectivity index (χ1n) is 5.28. The second kappa shape index (κ2) is 4.35. The van der Waals surface area contributed by atoms with E-state index in [4.69, 9.17) is 0 Å². The zero-order valence-electron chi connectivity index (χ0n) is 8.59. The first kappa shape index (κ1) is 10.0. The molecule has 0 aliphatic carbocycles. The van der Waals surface area contributed by atoms with Crippen LogP contribution in [0.15, 0.2) is 22.7 Å². The third kappa shape index (κ3) is 2.11. The molecule has 0 atom stereocenters. The number of piperidine rings is 1. The fourth-order valence-electron chi connectivity index (χ4n) is 2.00. The van der Waals surface area contributed by atoms with Crippen molar-refractivity contribution >= 4 is 21.6 Å². The molecule has 0 saturated carbocycles. The topological polar surface area (TPSA) is 3.24 Å². The maximum Gasteiger partial charge on any atom is 0.0513 e. The van der Waals surface area contributed by atoms with Crippen LogP contribution in [0.1, 0.15) is 24.8 Å². The fourth-order valence-corrected chi connectivity index (χ4v) is 2.50. The van der Waals surface area contributed by atoms with Gasteiger partial charge in [-0.3, -0.25) is 0 Å². The summed E-state index contributed by atoms with van der Waals surface area (Å²) in [4.78, 5) is 2.49. The highest BCUT2D eigenvalue weighted by Gasteiger charge is 2.13. The summed E-state index contributed by atoms with van der Waals surface area (Å²) < 4.78 is 1.23. The van der Waals surface area contributed by atoms with Crippen LogP contribution < -0.4 is 4.90 Å². The highest BCUT2D eigenvalue weighted by Crippen LogP contribution is 2.29. The largest absolute Gasteiger partial charge is 0.371 e. The van der Waals surface area contributed by atoms with E-state index in [0.717, 1.165) is 0 Å². The van der Waals surface area contributed by atoms with Gasteiger partial charge in [0.25, 0.3) is 0 Å². The van der Waals surface area contributed by atoms with E-state index < -0.39 is 0 Å². The van der Waals surface area contributed by atoms with Gasteiger partial charge in [-0.25, -0.2) is 0 Å². The molecule has 1 aromatic carbocycles. The Morgan fingerprint density at radius 1 is 1.14 bits per heavy atom. The van der Waals surface area contributed by atoms with E-state index in [1.54, 1.807) is 0 Å². The van der Waals surface area contributed by atoms with Gasteiger partial charge in [0, 0.05) is 17.6 Å². The Morgan fingerprint density at radius 3 is 2.57 bits per heavy atom. The van der Waals surface area contributed by atoms with Crippen LogP contribution in [0.5, 0.6) is 0 Å². The molecule has 1 saturated heterocycles. The molecular weight excluding hydrogens is 238 g/mol. The summed E-state index contributed by atoms with van der Waals surface area (Å²) in [5.41, 5.74) is 2.71. The van der Waals surface area contributed by atoms with E-state index in [9.17, 15) is 0 Å². The summed E-state index contributed by atoms with van der Waals surface area (Å²) in [6, 6.07) is 6.58. The van der Waals surface area contributed by atoms with Crippen molar-refractivity contribution in [2.45, 2.75) is 26.2 Å². The zero-order chi connectivity index (χ0) is 9.97. The summed E-state index contributed by atoms with van der Waals surface area (Å²) in [6.45, 7) is 4.57. The maximum absolute atomic E-state index is 3.62. The summed E-state index contributed by atoms with van der Waals surface area (Å²) in [7, 11) is 0. The third-order valence-corrected chi connectivity index (χ3v) is 3.47. The Bertz CT molecular complexity index is 316. The average Bonchev–Trinajstić information content (AvgIpc) is 2.23. The molecule has 2 heteroatoms. The molecule has 1 aliphatic rings. The molecule has 0 aromatic heterocycles. The first-order chi connectivity index (χ1) is 6.77. The molecule has 0 spiro atoms. The highest BCUT2D eigenvalue weighted by molar-refractivity contribution is 9.10. The van der Waals surface area contributed by atoms with Crippen molar-refractivity contribution in [3.63, 3.8) is 0 Å².